The molecule has 1 saturated carbocycles. The third kappa shape index (κ3) is 2.92. The smallest absolute Gasteiger partial charge is 0.129 e. The van der Waals surface area contributed by atoms with Crippen molar-refractivity contribution < 1.29 is 5.11 Å². The highest BCUT2D eigenvalue weighted by atomic mass is 16.3. The molecule has 2 unspecified atom stereocenters. The predicted octanol–water partition coefficient (Wildman–Crippen LogP) is 1.75. The Balaban J connectivity index is 1.86. The van der Waals surface area contributed by atoms with Crippen LogP contribution in [0, 0.1) is 12.8 Å². The van der Waals surface area contributed by atoms with Gasteiger partial charge >= 0.3 is 0 Å². The Morgan fingerprint density at radius 1 is 1.44 bits per heavy atom. The molecule has 0 bridgehead atoms. The summed E-state index contributed by atoms with van der Waals surface area (Å²) >= 11 is 0. The number of nitrogens with zero attached hydrogens (tertiary/aromatic N) is 2. The van der Waals surface area contributed by atoms with E-state index in [9.17, 15) is 5.11 Å². The summed E-state index contributed by atoms with van der Waals surface area (Å²) in [5.41, 5.74) is 0. The summed E-state index contributed by atoms with van der Waals surface area (Å²) in [6.45, 7) is 2.68. The van der Waals surface area contributed by atoms with Crippen molar-refractivity contribution in [3.05, 3.63) is 18.1 Å². The SMILES string of the molecule is Cc1nccc(NCC2CCCCC2O)n1. The van der Waals surface area contributed by atoms with Gasteiger partial charge in [0.2, 0.25) is 0 Å². The highest BCUT2D eigenvalue weighted by Gasteiger charge is 2.22. The highest BCUT2D eigenvalue weighted by molar-refractivity contribution is 5.32. The van der Waals surface area contributed by atoms with E-state index in [0.29, 0.717) is 5.92 Å². The molecule has 4 nitrogen and oxygen atoms in total. The Bertz CT molecular complexity index is 343. The number of aromatic nitrogens is 2. The minimum atomic E-state index is -0.149. The second-order valence-electron chi connectivity index (χ2n) is 4.48. The van der Waals surface area contributed by atoms with Crippen molar-refractivity contribution in [1.29, 1.82) is 0 Å². The van der Waals surface area contributed by atoms with Gasteiger partial charge in [0.25, 0.3) is 0 Å². The van der Waals surface area contributed by atoms with Crippen LogP contribution in [0.25, 0.3) is 0 Å². The van der Waals surface area contributed by atoms with Crippen molar-refractivity contribution in [2.45, 2.75) is 38.7 Å². The van der Waals surface area contributed by atoms with Crippen LogP contribution in [-0.2, 0) is 0 Å². The van der Waals surface area contributed by atoms with Crippen LogP contribution in [0.5, 0.6) is 0 Å². The van der Waals surface area contributed by atoms with Crippen molar-refractivity contribution in [2.75, 3.05) is 11.9 Å². The molecule has 1 aromatic heterocycles. The fourth-order valence-corrected chi connectivity index (χ4v) is 2.22. The average Bonchev–Trinajstić information content (AvgIpc) is 2.28. The average molecular weight is 221 g/mol. The zero-order valence-corrected chi connectivity index (χ0v) is 9.69. The van der Waals surface area contributed by atoms with Gasteiger partial charge in [-0.1, -0.05) is 12.8 Å². The fourth-order valence-electron chi connectivity index (χ4n) is 2.22. The quantitative estimate of drug-likeness (QED) is 0.816. The van der Waals surface area contributed by atoms with E-state index in [1.165, 1.54) is 6.42 Å². The van der Waals surface area contributed by atoms with Crippen LogP contribution in [0.3, 0.4) is 0 Å². The molecule has 0 amide bonds. The van der Waals surface area contributed by atoms with Gasteiger partial charge in [0.1, 0.15) is 11.6 Å². The molecule has 0 aliphatic heterocycles. The molecule has 1 aromatic rings. The number of anilines is 1. The van der Waals surface area contributed by atoms with E-state index >= 15 is 0 Å². The number of aliphatic hydroxyl groups excluding tert-OH is 1. The molecule has 0 saturated heterocycles. The molecule has 1 fully saturated rings. The van der Waals surface area contributed by atoms with Gasteiger partial charge in [-0.15, -0.1) is 0 Å². The second kappa shape index (κ2) is 5.25. The van der Waals surface area contributed by atoms with Gasteiger partial charge < -0.3 is 10.4 Å². The van der Waals surface area contributed by atoms with Crippen LogP contribution >= 0.6 is 0 Å². The molecular weight excluding hydrogens is 202 g/mol. The molecule has 1 aliphatic rings. The first kappa shape index (κ1) is 11.3. The zero-order chi connectivity index (χ0) is 11.4. The van der Waals surface area contributed by atoms with Crippen LogP contribution in [0.1, 0.15) is 31.5 Å². The van der Waals surface area contributed by atoms with Crippen molar-refractivity contribution in [3.63, 3.8) is 0 Å². The summed E-state index contributed by atoms with van der Waals surface area (Å²) in [5, 5.41) is 13.1. The number of aliphatic hydroxyl groups is 1. The lowest BCUT2D eigenvalue weighted by atomic mass is 9.86. The topological polar surface area (TPSA) is 58.0 Å². The van der Waals surface area contributed by atoms with Gasteiger partial charge in [-0.3, -0.25) is 0 Å². The monoisotopic (exact) mass is 221 g/mol. The van der Waals surface area contributed by atoms with E-state index in [1.807, 2.05) is 13.0 Å². The van der Waals surface area contributed by atoms with Crippen LogP contribution in [0.15, 0.2) is 12.3 Å². The zero-order valence-electron chi connectivity index (χ0n) is 9.69. The van der Waals surface area contributed by atoms with Gasteiger partial charge in [-0.05, 0) is 25.8 Å². The van der Waals surface area contributed by atoms with Gasteiger partial charge in [0, 0.05) is 18.7 Å². The Kier molecular flexibility index (Phi) is 3.72. The van der Waals surface area contributed by atoms with Crippen LogP contribution in [0.2, 0.25) is 0 Å². The molecule has 2 atom stereocenters. The maximum Gasteiger partial charge on any atom is 0.129 e. The number of hydrogen-bond donors (Lipinski definition) is 2. The number of aryl methyl sites for hydroxylation is 1. The summed E-state index contributed by atoms with van der Waals surface area (Å²) < 4.78 is 0. The molecule has 0 spiro atoms. The molecular formula is C12H19N3O. The normalized spacial score (nSPS) is 25.4. The fraction of sp³-hybridized carbons (Fsp3) is 0.667. The summed E-state index contributed by atoms with van der Waals surface area (Å²) in [6, 6.07) is 1.86. The Labute approximate surface area is 96.1 Å². The first-order valence-electron chi connectivity index (χ1n) is 5.97. The van der Waals surface area contributed by atoms with E-state index in [1.54, 1.807) is 6.20 Å². The molecule has 1 heterocycles. The first-order valence-corrected chi connectivity index (χ1v) is 5.97. The highest BCUT2D eigenvalue weighted by Crippen LogP contribution is 2.24. The van der Waals surface area contributed by atoms with Crippen molar-refractivity contribution in [1.82, 2.24) is 9.97 Å². The standard InChI is InChI=1S/C12H19N3O/c1-9-13-7-6-12(15-9)14-8-10-4-2-3-5-11(10)16/h6-7,10-11,16H,2-5,8H2,1H3,(H,13,14,15). The summed E-state index contributed by atoms with van der Waals surface area (Å²) in [5.74, 6) is 1.99. The van der Waals surface area contributed by atoms with Crippen LogP contribution in [0.4, 0.5) is 5.82 Å². The molecule has 16 heavy (non-hydrogen) atoms. The van der Waals surface area contributed by atoms with E-state index in [4.69, 9.17) is 0 Å². The molecule has 0 radical (unpaired) electrons. The van der Waals surface area contributed by atoms with Crippen LogP contribution < -0.4 is 5.32 Å². The molecule has 4 heteroatoms. The lowest BCUT2D eigenvalue weighted by molar-refractivity contribution is 0.0763. The lowest BCUT2D eigenvalue weighted by Gasteiger charge is -2.27. The third-order valence-corrected chi connectivity index (χ3v) is 3.19. The summed E-state index contributed by atoms with van der Waals surface area (Å²) in [4.78, 5) is 8.33. The summed E-state index contributed by atoms with van der Waals surface area (Å²) in [7, 11) is 0. The van der Waals surface area contributed by atoms with Crippen molar-refractivity contribution >= 4 is 5.82 Å². The van der Waals surface area contributed by atoms with E-state index in [0.717, 1.165) is 37.4 Å². The summed E-state index contributed by atoms with van der Waals surface area (Å²) in [6.07, 6.45) is 6.04. The molecule has 0 aromatic carbocycles. The predicted molar refractivity (Wildman–Crippen MR) is 63.2 cm³/mol. The number of rotatable bonds is 3. The van der Waals surface area contributed by atoms with Gasteiger partial charge in [0.15, 0.2) is 0 Å². The van der Waals surface area contributed by atoms with E-state index < -0.39 is 0 Å². The maximum atomic E-state index is 9.83. The minimum absolute atomic E-state index is 0.149. The minimum Gasteiger partial charge on any atom is -0.393 e. The van der Waals surface area contributed by atoms with Gasteiger partial charge in [-0.2, -0.15) is 0 Å². The van der Waals surface area contributed by atoms with E-state index in [-0.39, 0.29) is 6.10 Å². The Morgan fingerprint density at radius 2 is 2.25 bits per heavy atom. The third-order valence-electron chi connectivity index (χ3n) is 3.19. The first-order chi connectivity index (χ1) is 7.75. The Morgan fingerprint density at radius 3 is 3.00 bits per heavy atom. The Hall–Kier alpha value is -1.16. The maximum absolute atomic E-state index is 9.83. The number of hydrogen-bond acceptors (Lipinski definition) is 4. The molecule has 1 aliphatic carbocycles. The second-order valence-corrected chi connectivity index (χ2v) is 4.48. The molecule has 2 rings (SSSR count). The van der Waals surface area contributed by atoms with Crippen molar-refractivity contribution in [3.8, 4) is 0 Å². The van der Waals surface area contributed by atoms with Crippen molar-refractivity contribution in [2.24, 2.45) is 5.92 Å². The molecule has 2 N–H and O–H groups in total. The molecule has 88 valence electrons. The number of nitrogens with one attached hydrogen (secondary N) is 1. The van der Waals surface area contributed by atoms with Gasteiger partial charge in [-0.25, -0.2) is 9.97 Å². The largest absolute Gasteiger partial charge is 0.393 e. The van der Waals surface area contributed by atoms with E-state index in [2.05, 4.69) is 15.3 Å². The lowest BCUT2D eigenvalue weighted by Crippen LogP contribution is -2.30. The van der Waals surface area contributed by atoms with Gasteiger partial charge in [0.05, 0.1) is 6.10 Å². The van der Waals surface area contributed by atoms with Crippen LogP contribution in [-0.4, -0.2) is 27.7 Å².